The highest BCUT2D eigenvalue weighted by atomic mass is 16.5. The van der Waals surface area contributed by atoms with E-state index >= 15 is 0 Å². The Morgan fingerprint density at radius 1 is 1.17 bits per heavy atom. The summed E-state index contributed by atoms with van der Waals surface area (Å²) in [6.07, 6.45) is 0.873. The topological polar surface area (TPSA) is 59.9 Å². The summed E-state index contributed by atoms with van der Waals surface area (Å²) < 4.78 is 10.5. The molecule has 5 nitrogen and oxygen atoms in total. The summed E-state index contributed by atoms with van der Waals surface area (Å²) in [5.74, 6) is 0.452. The van der Waals surface area contributed by atoms with Crippen molar-refractivity contribution in [3.05, 3.63) is 65.2 Å². The third-order valence-corrected chi connectivity index (χ3v) is 3.40. The standard InChI is InChI=1S/C18H20N2O3/c1-13-9-10-14(11-16(13)22-2)12-19-20-18(21)17(23-3)15-7-5-4-6-8-15/h4-12,17H,1-3H3,(H,20,21)/b19-12-/t17-/m1/s1. The molecule has 0 bridgehead atoms. The molecule has 5 heteroatoms. The molecular formula is C18H20N2O3. The van der Waals surface area contributed by atoms with Gasteiger partial charge in [0.25, 0.3) is 5.91 Å². The Balaban J connectivity index is 2.03. The molecule has 0 aromatic heterocycles. The minimum absolute atomic E-state index is 0.325. The fraction of sp³-hybridized carbons (Fsp3) is 0.222. The van der Waals surface area contributed by atoms with Crippen LogP contribution in [0.3, 0.4) is 0 Å². The number of aryl methyl sites for hydroxylation is 1. The number of methoxy groups -OCH3 is 2. The van der Waals surface area contributed by atoms with E-state index in [1.54, 1.807) is 13.3 Å². The second kappa shape index (κ2) is 8.10. The average Bonchev–Trinajstić information content (AvgIpc) is 2.58. The van der Waals surface area contributed by atoms with Crippen molar-refractivity contribution in [3.63, 3.8) is 0 Å². The van der Waals surface area contributed by atoms with Gasteiger partial charge in [-0.3, -0.25) is 4.79 Å². The molecule has 0 radical (unpaired) electrons. The van der Waals surface area contributed by atoms with Crippen LogP contribution >= 0.6 is 0 Å². The minimum Gasteiger partial charge on any atom is -0.496 e. The van der Waals surface area contributed by atoms with E-state index in [0.717, 1.165) is 22.4 Å². The van der Waals surface area contributed by atoms with E-state index in [9.17, 15) is 4.79 Å². The number of hydrogen-bond acceptors (Lipinski definition) is 4. The molecule has 23 heavy (non-hydrogen) atoms. The molecule has 0 saturated heterocycles. The van der Waals surface area contributed by atoms with Crippen LogP contribution in [0.1, 0.15) is 22.8 Å². The number of nitrogens with one attached hydrogen (secondary N) is 1. The number of hydrogen-bond donors (Lipinski definition) is 1. The Morgan fingerprint density at radius 3 is 2.57 bits per heavy atom. The highest BCUT2D eigenvalue weighted by molar-refractivity contribution is 5.85. The maximum Gasteiger partial charge on any atom is 0.273 e. The van der Waals surface area contributed by atoms with Gasteiger partial charge in [-0.1, -0.05) is 42.5 Å². The van der Waals surface area contributed by atoms with E-state index in [0.29, 0.717) is 0 Å². The maximum atomic E-state index is 12.2. The second-order valence-electron chi connectivity index (χ2n) is 4.99. The Morgan fingerprint density at radius 2 is 1.91 bits per heavy atom. The highest BCUT2D eigenvalue weighted by Crippen LogP contribution is 2.18. The van der Waals surface area contributed by atoms with Gasteiger partial charge in [0.15, 0.2) is 6.10 Å². The molecule has 0 unspecified atom stereocenters. The summed E-state index contributed by atoms with van der Waals surface area (Å²) in [6, 6.07) is 15.0. The lowest BCUT2D eigenvalue weighted by Gasteiger charge is -2.13. The molecule has 1 atom stereocenters. The van der Waals surface area contributed by atoms with Crippen molar-refractivity contribution in [3.8, 4) is 5.75 Å². The lowest BCUT2D eigenvalue weighted by atomic mass is 10.1. The summed E-state index contributed by atoms with van der Waals surface area (Å²) >= 11 is 0. The molecule has 0 aliphatic rings. The number of benzene rings is 2. The Kier molecular flexibility index (Phi) is 5.88. The molecule has 2 aromatic carbocycles. The maximum absolute atomic E-state index is 12.2. The van der Waals surface area contributed by atoms with Gasteiger partial charge in [0, 0.05) is 7.11 Å². The van der Waals surface area contributed by atoms with Gasteiger partial charge >= 0.3 is 0 Å². The third kappa shape index (κ3) is 4.40. The zero-order valence-electron chi connectivity index (χ0n) is 13.4. The van der Waals surface area contributed by atoms with Crippen LogP contribution in [-0.2, 0) is 9.53 Å². The first-order chi connectivity index (χ1) is 11.2. The second-order valence-corrected chi connectivity index (χ2v) is 4.99. The Bertz CT molecular complexity index is 684. The van der Waals surface area contributed by atoms with Gasteiger partial charge in [0.05, 0.1) is 13.3 Å². The highest BCUT2D eigenvalue weighted by Gasteiger charge is 2.18. The molecule has 0 aliphatic carbocycles. The largest absolute Gasteiger partial charge is 0.496 e. The summed E-state index contributed by atoms with van der Waals surface area (Å²) in [5.41, 5.74) is 5.15. The van der Waals surface area contributed by atoms with Gasteiger partial charge in [-0.05, 0) is 29.7 Å². The van der Waals surface area contributed by atoms with Gasteiger partial charge in [0.1, 0.15) is 5.75 Å². The molecular weight excluding hydrogens is 292 g/mol. The van der Waals surface area contributed by atoms with Gasteiger partial charge in [0.2, 0.25) is 0 Å². The van der Waals surface area contributed by atoms with Crippen molar-refractivity contribution in [2.75, 3.05) is 14.2 Å². The number of carbonyl (C=O) groups excluding carboxylic acids is 1. The van der Waals surface area contributed by atoms with E-state index in [4.69, 9.17) is 9.47 Å². The van der Waals surface area contributed by atoms with Gasteiger partial charge < -0.3 is 9.47 Å². The lowest BCUT2D eigenvalue weighted by Crippen LogP contribution is -2.26. The molecule has 2 aromatic rings. The van der Waals surface area contributed by atoms with Crippen LogP contribution in [0.2, 0.25) is 0 Å². The monoisotopic (exact) mass is 312 g/mol. The summed E-state index contributed by atoms with van der Waals surface area (Å²) in [7, 11) is 3.11. The van der Waals surface area contributed by atoms with E-state index < -0.39 is 6.10 Å². The SMILES string of the molecule is COc1cc(/C=N\NC(=O)[C@H](OC)c2ccccc2)ccc1C. The smallest absolute Gasteiger partial charge is 0.273 e. The van der Waals surface area contributed by atoms with Crippen LogP contribution in [0.5, 0.6) is 5.75 Å². The molecule has 0 heterocycles. The third-order valence-electron chi connectivity index (χ3n) is 3.40. The fourth-order valence-electron chi connectivity index (χ4n) is 2.17. The summed E-state index contributed by atoms with van der Waals surface area (Å²) in [6.45, 7) is 1.96. The molecule has 120 valence electrons. The van der Waals surface area contributed by atoms with Crippen molar-refractivity contribution in [2.45, 2.75) is 13.0 Å². The van der Waals surface area contributed by atoms with E-state index in [2.05, 4.69) is 10.5 Å². The van der Waals surface area contributed by atoms with Crippen LogP contribution in [0.4, 0.5) is 0 Å². The average molecular weight is 312 g/mol. The van der Waals surface area contributed by atoms with Crippen molar-refractivity contribution in [1.82, 2.24) is 5.43 Å². The Labute approximate surface area is 135 Å². The quantitative estimate of drug-likeness (QED) is 0.659. The van der Waals surface area contributed by atoms with Crippen LogP contribution < -0.4 is 10.2 Å². The van der Waals surface area contributed by atoms with Crippen molar-refractivity contribution in [1.29, 1.82) is 0 Å². The van der Waals surface area contributed by atoms with E-state index in [1.807, 2.05) is 55.5 Å². The van der Waals surface area contributed by atoms with Crippen molar-refractivity contribution in [2.24, 2.45) is 5.10 Å². The predicted molar refractivity (Wildman–Crippen MR) is 89.7 cm³/mol. The number of amides is 1. The van der Waals surface area contributed by atoms with Gasteiger partial charge in [-0.25, -0.2) is 5.43 Å². The van der Waals surface area contributed by atoms with Crippen LogP contribution in [0.15, 0.2) is 53.6 Å². The van der Waals surface area contributed by atoms with Gasteiger partial charge in [-0.15, -0.1) is 0 Å². The Hall–Kier alpha value is -2.66. The van der Waals surface area contributed by atoms with Crippen LogP contribution in [0, 0.1) is 6.92 Å². The molecule has 0 aliphatic heterocycles. The first kappa shape index (κ1) is 16.7. The van der Waals surface area contributed by atoms with Crippen LogP contribution in [0.25, 0.3) is 0 Å². The van der Waals surface area contributed by atoms with Crippen molar-refractivity contribution < 1.29 is 14.3 Å². The zero-order chi connectivity index (χ0) is 16.7. The first-order valence-electron chi connectivity index (χ1n) is 7.21. The van der Waals surface area contributed by atoms with Crippen molar-refractivity contribution >= 4 is 12.1 Å². The number of nitrogens with zero attached hydrogens (tertiary/aromatic N) is 1. The molecule has 2 rings (SSSR count). The minimum atomic E-state index is -0.694. The predicted octanol–water partition coefficient (Wildman–Crippen LogP) is 2.84. The zero-order valence-corrected chi connectivity index (χ0v) is 13.4. The normalized spacial score (nSPS) is 12.1. The molecule has 0 saturated carbocycles. The van der Waals surface area contributed by atoms with E-state index in [-0.39, 0.29) is 5.91 Å². The lowest BCUT2D eigenvalue weighted by molar-refractivity contribution is -0.131. The molecule has 0 fully saturated rings. The summed E-state index contributed by atoms with van der Waals surface area (Å²) in [5, 5.41) is 3.98. The first-order valence-corrected chi connectivity index (χ1v) is 7.21. The molecule has 1 N–H and O–H groups in total. The molecule has 1 amide bonds. The number of hydrazone groups is 1. The van der Waals surface area contributed by atoms with Gasteiger partial charge in [-0.2, -0.15) is 5.10 Å². The summed E-state index contributed by atoms with van der Waals surface area (Å²) in [4.78, 5) is 12.2. The molecule has 0 spiro atoms. The number of ether oxygens (including phenoxy) is 2. The number of carbonyl (C=O) groups is 1. The fourth-order valence-corrected chi connectivity index (χ4v) is 2.17. The number of rotatable bonds is 6. The van der Waals surface area contributed by atoms with E-state index in [1.165, 1.54) is 7.11 Å². The van der Waals surface area contributed by atoms with Crippen LogP contribution in [-0.4, -0.2) is 26.3 Å².